The van der Waals surface area contributed by atoms with Crippen LogP contribution in [0.3, 0.4) is 0 Å². The second-order valence-corrected chi connectivity index (χ2v) is 8.07. The molecule has 0 saturated carbocycles. The van der Waals surface area contributed by atoms with Crippen molar-refractivity contribution in [2.75, 3.05) is 4.90 Å². The van der Waals surface area contributed by atoms with Crippen LogP contribution in [0.2, 0.25) is 0 Å². The molecule has 2 atom stereocenters. The molecule has 0 amide bonds. The quantitative estimate of drug-likeness (QED) is 0.239. The third-order valence-corrected chi connectivity index (χ3v) is 5.86. The van der Waals surface area contributed by atoms with E-state index in [2.05, 4.69) is 117 Å². The summed E-state index contributed by atoms with van der Waals surface area (Å²) in [5.74, 6) is 0.679. The molecule has 0 aromatic heterocycles. The number of para-hydroxylation sites is 1. The minimum Gasteiger partial charge on any atom is -0.335 e. The Balaban J connectivity index is 2.21. The van der Waals surface area contributed by atoms with E-state index in [0.29, 0.717) is 5.92 Å². The van der Waals surface area contributed by atoms with Gasteiger partial charge >= 0.3 is 0 Å². The van der Waals surface area contributed by atoms with E-state index in [1.807, 2.05) is 12.2 Å². The number of hydrogen-bond acceptors (Lipinski definition) is 1. The zero-order valence-corrected chi connectivity index (χ0v) is 19.9. The number of anilines is 1. The second-order valence-electron chi connectivity index (χ2n) is 8.07. The molecule has 1 heteroatoms. The Labute approximate surface area is 196 Å². The van der Waals surface area contributed by atoms with Crippen LogP contribution in [-0.4, -0.2) is 6.04 Å². The molecule has 1 aromatic rings. The van der Waals surface area contributed by atoms with E-state index in [1.54, 1.807) is 6.08 Å². The van der Waals surface area contributed by atoms with E-state index in [1.165, 1.54) is 36.2 Å². The Morgan fingerprint density at radius 2 is 1.91 bits per heavy atom. The summed E-state index contributed by atoms with van der Waals surface area (Å²) in [6.45, 7) is 12.3. The molecule has 0 heterocycles. The van der Waals surface area contributed by atoms with Gasteiger partial charge in [0.05, 0.1) is 6.04 Å². The van der Waals surface area contributed by atoms with Gasteiger partial charge in [-0.15, -0.1) is 6.58 Å². The molecule has 0 spiro atoms. The first-order chi connectivity index (χ1) is 15.7. The smallest absolute Gasteiger partial charge is 0.0554 e. The van der Waals surface area contributed by atoms with Crippen LogP contribution in [0.25, 0.3) is 0 Å². The van der Waals surface area contributed by atoms with Crippen molar-refractivity contribution in [3.05, 3.63) is 128 Å². The van der Waals surface area contributed by atoms with Gasteiger partial charge in [0.25, 0.3) is 0 Å². The Morgan fingerprint density at radius 3 is 2.56 bits per heavy atom. The zero-order chi connectivity index (χ0) is 23.0. The minimum atomic E-state index is 0.188. The average Bonchev–Trinajstić information content (AvgIpc) is 2.85. The fraction of sp³-hybridized carbons (Fsp3) is 0.290. The Bertz CT molecular complexity index is 876. The standard InChI is InChI=1S/C31H39N/c1-5-8-9-10-11-12-17-22-29(6-2)32(31-23-18-14-19-24-31)30(7-3)26-25-27(4)28-20-15-13-16-21-28/h5-11,13-15,17-19,22-25,28,30H,1,3,12,16,20-21,26H2,2,4H3/b9-8-,11-10-,22-17-,27-25+,29-6+/t28-,30-/m1/s1. The normalized spacial score (nSPS) is 18.5. The monoisotopic (exact) mass is 425 g/mol. The van der Waals surface area contributed by atoms with Crippen molar-refractivity contribution in [3.63, 3.8) is 0 Å². The van der Waals surface area contributed by atoms with E-state index in [9.17, 15) is 0 Å². The summed E-state index contributed by atoms with van der Waals surface area (Å²) in [5, 5.41) is 0. The number of nitrogens with zero attached hydrogens (tertiary/aromatic N) is 1. The molecule has 0 radical (unpaired) electrons. The van der Waals surface area contributed by atoms with Gasteiger partial charge in [0.1, 0.15) is 0 Å². The maximum absolute atomic E-state index is 4.19. The van der Waals surface area contributed by atoms with Gasteiger partial charge in [0.2, 0.25) is 0 Å². The predicted molar refractivity (Wildman–Crippen MR) is 144 cm³/mol. The molecule has 2 rings (SSSR count). The highest BCUT2D eigenvalue weighted by Gasteiger charge is 2.19. The van der Waals surface area contributed by atoms with Crippen molar-refractivity contribution < 1.29 is 0 Å². The van der Waals surface area contributed by atoms with E-state index in [0.717, 1.165) is 12.8 Å². The van der Waals surface area contributed by atoms with Crippen LogP contribution in [0.15, 0.2) is 128 Å². The third kappa shape index (κ3) is 8.23. The van der Waals surface area contributed by atoms with Crippen LogP contribution < -0.4 is 4.90 Å². The van der Waals surface area contributed by atoms with Gasteiger partial charge < -0.3 is 4.90 Å². The van der Waals surface area contributed by atoms with Crippen LogP contribution in [0.5, 0.6) is 0 Å². The maximum atomic E-state index is 4.19. The summed E-state index contributed by atoms with van der Waals surface area (Å²) in [7, 11) is 0. The van der Waals surface area contributed by atoms with E-state index < -0.39 is 0 Å². The molecular weight excluding hydrogens is 386 g/mol. The number of benzene rings is 1. The van der Waals surface area contributed by atoms with E-state index >= 15 is 0 Å². The van der Waals surface area contributed by atoms with Crippen molar-refractivity contribution in [1.82, 2.24) is 0 Å². The Hall–Kier alpha value is -3.06. The van der Waals surface area contributed by atoms with Gasteiger partial charge in [-0.05, 0) is 70.1 Å². The summed E-state index contributed by atoms with van der Waals surface area (Å²) in [6, 6.07) is 10.8. The highest BCUT2D eigenvalue weighted by atomic mass is 15.2. The predicted octanol–water partition coefficient (Wildman–Crippen LogP) is 8.89. The van der Waals surface area contributed by atoms with E-state index in [-0.39, 0.29) is 6.04 Å². The van der Waals surface area contributed by atoms with Gasteiger partial charge in [0.15, 0.2) is 0 Å². The van der Waals surface area contributed by atoms with Crippen LogP contribution in [0, 0.1) is 5.92 Å². The lowest BCUT2D eigenvalue weighted by Crippen LogP contribution is -2.32. The summed E-state index contributed by atoms with van der Waals surface area (Å²) in [6.07, 6.45) is 31.1. The molecule has 1 nitrogen and oxygen atoms in total. The zero-order valence-electron chi connectivity index (χ0n) is 19.9. The lowest BCUT2D eigenvalue weighted by Gasteiger charge is -2.33. The van der Waals surface area contributed by atoms with Crippen molar-refractivity contribution >= 4 is 5.69 Å². The van der Waals surface area contributed by atoms with Crippen LogP contribution in [0.4, 0.5) is 5.69 Å². The topological polar surface area (TPSA) is 3.24 Å². The SMILES string of the molecule is C=C/C=C\C=C/C/C=C\C(=C/C)N(c1ccccc1)[C@H](C=C)C/C=C(\C)[C@@H]1CC=CCC1. The second kappa shape index (κ2) is 14.9. The minimum absolute atomic E-state index is 0.188. The summed E-state index contributed by atoms with van der Waals surface area (Å²) >= 11 is 0. The van der Waals surface area contributed by atoms with Gasteiger partial charge in [-0.2, -0.15) is 0 Å². The Morgan fingerprint density at radius 1 is 1.09 bits per heavy atom. The molecular formula is C31H39N. The lowest BCUT2D eigenvalue weighted by molar-refractivity contribution is 0.549. The molecule has 1 aliphatic carbocycles. The Kier molecular flexibility index (Phi) is 11.7. The van der Waals surface area contributed by atoms with Gasteiger partial charge in [-0.25, -0.2) is 0 Å². The largest absolute Gasteiger partial charge is 0.335 e. The van der Waals surface area contributed by atoms with Crippen molar-refractivity contribution in [2.24, 2.45) is 5.92 Å². The van der Waals surface area contributed by atoms with Gasteiger partial charge in [-0.3, -0.25) is 0 Å². The number of hydrogen-bond donors (Lipinski definition) is 0. The molecule has 0 fully saturated rings. The molecule has 168 valence electrons. The summed E-state index contributed by atoms with van der Waals surface area (Å²) < 4.78 is 0. The molecule has 0 saturated heterocycles. The van der Waals surface area contributed by atoms with Crippen molar-refractivity contribution in [3.8, 4) is 0 Å². The summed E-state index contributed by atoms with van der Waals surface area (Å²) in [4.78, 5) is 2.40. The molecule has 0 N–H and O–H groups in total. The lowest BCUT2D eigenvalue weighted by atomic mass is 9.87. The van der Waals surface area contributed by atoms with Gasteiger partial charge in [-0.1, -0.05) is 97.2 Å². The van der Waals surface area contributed by atoms with Gasteiger partial charge in [0, 0.05) is 11.4 Å². The molecule has 0 bridgehead atoms. The molecule has 0 aliphatic heterocycles. The van der Waals surface area contributed by atoms with Crippen molar-refractivity contribution in [1.29, 1.82) is 0 Å². The van der Waals surface area contributed by atoms with Crippen LogP contribution in [0.1, 0.15) is 46.0 Å². The molecule has 32 heavy (non-hydrogen) atoms. The van der Waals surface area contributed by atoms with Crippen LogP contribution >= 0.6 is 0 Å². The fourth-order valence-electron chi connectivity index (χ4n) is 3.99. The summed E-state index contributed by atoms with van der Waals surface area (Å²) in [5.41, 5.74) is 3.87. The highest BCUT2D eigenvalue weighted by Crippen LogP contribution is 2.29. The first-order valence-electron chi connectivity index (χ1n) is 11.8. The van der Waals surface area contributed by atoms with E-state index in [4.69, 9.17) is 0 Å². The maximum Gasteiger partial charge on any atom is 0.0554 e. The van der Waals surface area contributed by atoms with Crippen LogP contribution in [-0.2, 0) is 0 Å². The fourth-order valence-corrected chi connectivity index (χ4v) is 3.99. The number of allylic oxidation sites excluding steroid dienone is 11. The third-order valence-electron chi connectivity index (χ3n) is 5.86. The molecule has 1 aromatic carbocycles. The first-order valence-corrected chi connectivity index (χ1v) is 11.8. The van der Waals surface area contributed by atoms with Crippen molar-refractivity contribution in [2.45, 2.75) is 52.0 Å². The first kappa shape index (κ1) is 25.2. The highest BCUT2D eigenvalue weighted by molar-refractivity contribution is 5.56. The molecule has 1 aliphatic rings. The number of rotatable bonds is 12. The average molecular weight is 426 g/mol. The molecule has 0 unspecified atom stereocenters.